The summed E-state index contributed by atoms with van der Waals surface area (Å²) in [7, 11) is 0. The molecule has 0 bridgehead atoms. The summed E-state index contributed by atoms with van der Waals surface area (Å²) in [6.45, 7) is 4.44. The number of carbonyl (C=O) groups is 1. The van der Waals surface area contributed by atoms with Crippen molar-refractivity contribution in [2.24, 2.45) is 0 Å². The zero-order valence-electron chi connectivity index (χ0n) is 9.29. The van der Waals surface area contributed by atoms with Crippen molar-refractivity contribution in [2.75, 3.05) is 6.54 Å². The van der Waals surface area contributed by atoms with E-state index in [1.165, 1.54) is 10.6 Å². The number of hydrogen-bond donors (Lipinski definition) is 1. The van der Waals surface area contributed by atoms with Crippen LogP contribution in [0.5, 0.6) is 0 Å². The van der Waals surface area contributed by atoms with Gasteiger partial charge in [-0.3, -0.25) is 14.2 Å². The van der Waals surface area contributed by atoms with Crippen LogP contribution in [0.15, 0.2) is 10.9 Å². The summed E-state index contributed by atoms with van der Waals surface area (Å²) < 4.78 is 1.43. The van der Waals surface area contributed by atoms with Gasteiger partial charge in [-0.2, -0.15) is 0 Å². The van der Waals surface area contributed by atoms with Crippen LogP contribution in [0, 0.1) is 6.92 Å². The van der Waals surface area contributed by atoms with Crippen molar-refractivity contribution < 1.29 is 4.79 Å². The number of hydrogen-bond acceptors (Lipinski definition) is 3. The van der Waals surface area contributed by atoms with E-state index in [2.05, 4.69) is 10.3 Å². The monoisotopic (exact) mass is 243 g/mol. The van der Waals surface area contributed by atoms with Crippen LogP contribution in [0.3, 0.4) is 0 Å². The highest BCUT2D eigenvalue weighted by molar-refractivity contribution is 6.29. The first-order valence-electron chi connectivity index (χ1n) is 5.05. The van der Waals surface area contributed by atoms with Gasteiger partial charge in [-0.25, -0.2) is 4.98 Å². The second-order valence-electron chi connectivity index (χ2n) is 3.32. The van der Waals surface area contributed by atoms with E-state index in [1.54, 1.807) is 6.92 Å². The number of carbonyl (C=O) groups excluding carboxylic acids is 1. The number of nitrogens with zero attached hydrogens (tertiary/aromatic N) is 2. The topological polar surface area (TPSA) is 64.0 Å². The van der Waals surface area contributed by atoms with Gasteiger partial charge in [0.25, 0.3) is 5.56 Å². The van der Waals surface area contributed by atoms with Crippen LogP contribution in [-0.2, 0) is 11.3 Å². The Hall–Kier alpha value is -1.36. The van der Waals surface area contributed by atoms with Crippen molar-refractivity contribution in [2.45, 2.75) is 26.8 Å². The van der Waals surface area contributed by atoms with Gasteiger partial charge in [0.2, 0.25) is 5.91 Å². The molecule has 0 aliphatic carbocycles. The minimum Gasteiger partial charge on any atom is -0.356 e. The van der Waals surface area contributed by atoms with Crippen molar-refractivity contribution in [3.63, 3.8) is 0 Å². The fourth-order valence-corrected chi connectivity index (χ4v) is 1.57. The lowest BCUT2D eigenvalue weighted by molar-refractivity contribution is -0.121. The zero-order chi connectivity index (χ0) is 12.1. The van der Waals surface area contributed by atoms with Crippen molar-refractivity contribution >= 4 is 17.5 Å². The van der Waals surface area contributed by atoms with Gasteiger partial charge in [0, 0.05) is 25.6 Å². The molecule has 1 rings (SSSR count). The van der Waals surface area contributed by atoms with Crippen molar-refractivity contribution in [3.05, 3.63) is 27.4 Å². The van der Waals surface area contributed by atoms with Gasteiger partial charge >= 0.3 is 0 Å². The lowest BCUT2D eigenvalue weighted by atomic mass is 10.3. The average Bonchev–Trinajstić information content (AvgIpc) is 2.16. The first-order chi connectivity index (χ1) is 7.54. The van der Waals surface area contributed by atoms with Crippen LogP contribution >= 0.6 is 11.6 Å². The minimum absolute atomic E-state index is 0.0799. The van der Waals surface area contributed by atoms with Gasteiger partial charge in [0.05, 0.1) is 0 Å². The summed E-state index contributed by atoms with van der Waals surface area (Å²) in [6.07, 6.45) is 0.262. The van der Waals surface area contributed by atoms with Crippen LogP contribution in [0.4, 0.5) is 0 Å². The molecule has 1 aromatic heterocycles. The third-order valence-corrected chi connectivity index (χ3v) is 2.30. The van der Waals surface area contributed by atoms with Crippen molar-refractivity contribution in [1.29, 1.82) is 0 Å². The molecule has 0 aromatic carbocycles. The Kier molecular flexibility index (Phi) is 4.49. The molecule has 1 N–H and O–H groups in total. The van der Waals surface area contributed by atoms with Gasteiger partial charge in [-0.05, 0) is 13.8 Å². The standard InChI is InChI=1S/C10H14ClN3O2/c1-3-12-9(15)4-5-14-7(2)13-8(11)6-10(14)16/h6H,3-5H2,1-2H3,(H,12,15). The summed E-state index contributed by atoms with van der Waals surface area (Å²) in [5.74, 6) is 0.436. The summed E-state index contributed by atoms with van der Waals surface area (Å²) in [6, 6.07) is 1.24. The number of amides is 1. The average molecular weight is 244 g/mol. The Morgan fingerprint density at radius 2 is 2.31 bits per heavy atom. The number of aryl methyl sites for hydroxylation is 1. The molecule has 1 amide bonds. The highest BCUT2D eigenvalue weighted by Crippen LogP contribution is 2.01. The van der Waals surface area contributed by atoms with Gasteiger partial charge in [0.1, 0.15) is 11.0 Å². The molecule has 16 heavy (non-hydrogen) atoms. The molecule has 1 aromatic rings. The molecule has 6 heteroatoms. The van der Waals surface area contributed by atoms with E-state index in [0.29, 0.717) is 18.9 Å². The normalized spacial score (nSPS) is 10.2. The van der Waals surface area contributed by atoms with Crippen molar-refractivity contribution in [3.8, 4) is 0 Å². The lowest BCUT2D eigenvalue weighted by Crippen LogP contribution is -2.28. The molecular weight excluding hydrogens is 230 g/mol. The van der Waals surface area contributed by atoms with E-state index >= 15 is 0 Å². The lowest BCUT2D eigenvalue weighted by Gasteiger charge is -2.08. The quantitative estimate of drug-likeness (QED) is 0.793. The number of nitrogens with one attached hydrogen (secondary N) is 1. The maximum atomic E-state index is 11.5. The van der Waals surface area contributed by atoms with Gasteiger partial charge in [-0.1, -0.05) is 11.6 Å². The first-order valence-corrected chi connectivity index (χ1v) is 5.43. The summed E-state index contributed by atoms with van der Waals surface area (Å²) in [5.41, 5.74) is -0.234. The maximum Gasteiger partial charge on any atom is 0.254 e. The van der Waals surface area contributed by atoms with E-state index in [-0.39, 0.29) is 23.0 Å². The fourth-order valence-electron chi connectivity index (χ4n) is 1.36. The van der Waals surface area contributed by atoms with Crippen LogP contribution < -0.4 is 10.9 Å². The predicted molar refractivity (Wildman–Crippen MR) is 61.5 cm³/mol. The molecule has 5 nitrogen and oxygen atoms in total. The number of rotatable bonds is 4. The zero-order valence-corrected chi connectivity index (χ0v) is 10.0. The molecule has 0 atom stereocenters. The van der Waals surface area contributed by atoms with E-state index in [0.717, 1.165) is 0 Å². The molecule has 0 saturated carbocycles. The largest absolute Gasteiger partial charge is 0.356 e. The Labute approximate surface area is 98.4 Å². The van der Waals surface area contributed by atoms with Crippen LogP contribution in [0.1, 0.15) is 19.2 Å². The van der Waals surface area contributed by atoms with Crippen LogP contribution in [0.25, 0.3) is 0 Å². The summed E-state index contributed by atoms with van der Waals surface area (Å²) in [4.78, 5) is 26.7. The Bertz CT molecular complexity index is 442. The molecule has 0 aliphatic heterocycles. The second-order valence-corrected chi connectivity index (χ2v) is 3.71. The Morgan fingerprint density at radius 1 is 1.62 bits per heavy atom. The highest BCUT2D eigenvalue weighted by Gasteiger charge is 2.06. The Morgan fingerprint density at radius 3 is 2.88 bits per heavy atom. The van der Waals surface area contributed by atoms with E-state index in [9.17, 15) is 9.59 Å². The summed E-state index contributed by atoms with van der Waals surface area (Å²) >= 11 is 5.63. The van der Waals surface area contributed by atoms with Gasteiger partial charge < -0.3 is 5.32 Å². The number of aromatic nitrogens is 2. The smallest absolute Gasteiger partial charge is 0.254 e. The summed E-state index contributed by atoms with van der Waals surface area (Å²) in [5, 5.41) is 2.84. The highest BCUT2D eigenvalue weighted by atomic mass is 35.5. The molecule has 0 fully saturated rings. The maximum absolute atomic E-state index is 11.5. The second kappa shape index (κ2) is 5.65. The number of halogens is 1. The van der Waals surface area contributed by atoms with E-state index in [4.69, 9.17) is 11.6 Å². The molecule has 0 aliphatic rings. The molecule has 88 valence electrons. The molecule has 0 unspecified atom stereocenters. The SMILES string of the molecule is CCNC(=O)CCn1c(C)nc(Cl)cc1=O. The first kappa shape index (κ1) is 12.7. The van der Waals surface area contributed by atoms with Crippen molar-refractivity contribution in [1.82, 2.24) is 14.9 Å². The van der Waals surface area contributed by atoms with E-state index in [1.807, 2.05) is 6.92 Å². The van der Waals surface area contributed by atoms with Crippen LogP contribution in [-0.4, -0.2) is 22.0 Å². The predicted octanol–water partition coefficient (Wildman–Crippen LogP) is 0.731. The molecule has 0 saturated heterocycles. The molecular formula is C10H14ClN3O2. The minimum atomic E-state index is -0.234. The Balaban J connectivity index is 2.75. The van der Waals surface area contributed by atoms with Crippen LogP contribution in [0.2, 0.25) is 5.15 Å². The van der Waals surface area contributed by atoms with E-state index < -0.39 is 0 Å². The molecule has 0 spiro atoms. The third-order valence-electron chi connectivity index (χ3n) is 2.10. The van der Waals surface area contributed by atoms with Gasteiger partial charge in [0.15, 0.2) is 0 Å². The molecule has 1 heterocycles. The third kappa shape index (κ3) is 3.34. The fraction of sp³-hybridized carbons (Fsp3) is 0.500. The van der Waals surface area contributed by atoms with Gasteiger partial charge in [-0.15, -0.1) is 0 Å². The molecule has 0 radical (unpaired) electrons.